The molecule has 8 heteroatoms. The van der Waals surface area contributed by atoms with Gasteiger partial charge in [-0.3, -0.25) is 14.9 Å². The van der Waals surface area contributed by atoms with Gasteiger partial charge in [0.15, 0.2) is 5.92 Å². The summed E-state index contributed by atoms with van der Waals surface area (Å²) in [5, 5.41) is 18.2. The lowest BCUT2D eigenvalue weighted by Gasteiger charge is -2.21. The molecule has 0 amide bonds. The van der Waals surface area contributed by atoms with Crippen molar-refractivity contribution in [1.82, 2.24) is 0 Å². The molecule has 2 unspecified atom stereocenters. The van der Waals surface area contributed by atoms with Crippen molar-refractivity contribution in [3.8, 4) is 0 Å². The van der Waals surface area contributed by atoms with E-state index in [2.05, 4.69) is 0 Å². The number of alkyl halides is 1. The molecule has 0 aromatic heterocycles. The number of carbonyl (C=O) groups is 1. The largest absolute Gasteiger partial charge is 0.480 e. The van der Waals surface area contributed by atoms with Gasteiger partial charge in [-0.15, -0.1) is 0 Å². The molecule has 1 rings (SSSR count). The van der Waals surface area contributed by atoms with Crippen molar-refractivity contribution >= 4 is 17.6 Å². The van der Waals surface area contributed by atoms with Crippen LogP contribution in [0, 0.1) is 16.0 Å². The third kappa shape index (κ3) is 1.82. The molecule has 0 fully saturated rings. The predicted molar refractivity (Wildman–Crippen MR) is 45.1 cm³/mol. The fourth-order valence-corrected chi connectivity index (χ4v) is 1.27. The molecule has 0 spiro atoms. The molecule has 0 aromatic carbocycles. The standard InChI is InChI=1S/C7H4ClF2NO4/c8-4-1-3(6(12)13)7(10,11(14)15)2-5(4)9/h1-3H,(H,12,13). The number of halogens is 3. The molecule has 0 saturated heterocycles. The van der Waals surface area contributed by atoms with Crippen LogP contribution in [0.25, 0.3) is 0 Å². The Balaban J connectivity index is 3.27. The van der Waals surface area contributed by atoms with Crippen LogP contribution in [0.2, 0.25) is 0 Å². The van der Waals surface area contributed by atoms with Gasteiger partial charge >= 0.3 is 11.8 Å². The quantitative estimate of drug-likeness (QED) is 0.451. The Morgan fingerprint density at radius 1 is 1.73 bits per heavy atom. The summed E-state index contributed by atoms with van der Waals surface area (Å²) in [4.78, 5) is 19.3. The average Bonchev–Trinajstić information content (AvgIpc) is 2.10. The molecule has 1 aliphatic rings. The van der Waals surface area contributed by atoms with E-state index in [1.165, 1.54) is 0 Å². The molecule has 5 nitrogen and oxygen atoms in total. The topological polar surface area (TPSA) is 80.4 Å². The smallest absolute Gasteiger partial charge is 0.397 e. The first-order valence-electron chi connectivity index (χ1n) is 3.61. The molecule has 0 aliphatic heterocycles. The molecule has 2 atom stereocenters. The fraction of sp³-hybridized carbons (Fsp3) is 0.286. The Kier molecular flexibility index (Phi) is 2.76. The highest BCUT2D eigenvalue weighted by Crippen LogP contribution is 2.36. The normalized spacial score (nSPS) is 30.5. The molecule has 0 radical (unpaired) electrons. The number of rotatable bonds is 2. The van der Waals surface area contributed by atoms with Gasteiger partial charge in [-0.25, -0.2) is 4.39 Å². The van der Waals surface area contributed by atoms with Gasteiger partial charge in [0.2, 0.25) is 0 Å². The zero-order valence-electron chi connectivity index (χ0n) is 6.99. The fourth-order valence-electron chi connectivity index (χ4n) is 1.09. The Bertz CT molecular complexity index is 394. The SMILES string of the molecule is O=C(O)C1C=C(Cl)C(F)=CC1(F)[N+](=O)[O-]. The molecule has 0 aromatic rings. The number of carboxylic acids is 1. The second-order valence-electron chi connectivity index (χ2n) is 2.81. The summed E-state index contributed by atoms with van der Waals surface area (Å²) < 4.78 is 26.3. The molecule has 0 saturated carbocycles. The van der Waals surface area contributed by atoms with Gasteiger partial charge in [0.1, 0.15) is 5.83 Å². The van der Waals surface area contributed by atoms with Crippen molar-refractivity contribution < 1.29 is 23.6 Å². The molecular weight excluding hydrogens is 236 g/mol. The van der Waals surface area contributed by atoms with E-state index < -0.39 is 33.5 Å². The van der Waals surface area contributed by atoms with Gasteiger partial charge in [0.25, 0.3) is 0 Å². The lowest BCUT2D eigenvalue weighted by Crippen LogP contribution is -2.44. The summed E-state index contributed by atoms with van der Waals surface area (Å²) in [6.45, 7) is 0. The zero-order chi connectivity index (χ0) is 11.8. The van der Waals surface area contributed by atoms with E-state index >= 15 is 0 Å². The van der Waals surface area contributed by atoms with Crippen LogP contribution >= 0.6 is 11.6 Å². The van der Waals surface area contributed by atoms with Gasteiger partial charge in [-0.1, -0.05) is 11.6 Å². The van der Waals surface area contributed by atoms with Gasteiger partial charge in [-0.2, -0.15) is 4.39 Å². The summed E-state index contributed by atoms with van der Waals surface area (Å²) in [6, 6.07) is 0. The van der Waals surface area contributed by atoms with Crippen LogP contribution in [-0.2, 0) is 4.79 Å². The van der Waals surface area contributed by atoms with E-state index in [9.17, 15) is 23.7 Å². The van der Waals surface area contributed by atoms with Crippen LogP contribution < -0.4 is 0 Å². The van der Waals surface area contributed by atoms with Crippen LogP contribution in [0.3, 0.4) is 0 Å². The maximum Gasteiger partial charge on any atom is 0.397 e. The molecule has 1 N–H and O–H groups in total. The summed E-state index contributed by atoms with van der Waals surface area (Å²) >= 11 is 5.20. The second-order valence-corrected chi connectivity index (χ2v) is 3.21. The lowest BCUT2D eigenvalue weighted by atomic mass is 9.92. The van der Waals surface area contributed by atoms with Crippen LogP contribution in [-0.4, -0.2) is 21.8 Å². The number of nitro groups is 1. The Labute approximate surface area is 86.8 Å². The molecule has 82 valence electrons. The Morgan fingerprint density at radius 3 is 2.67 bits per heavy atom. The maximum absolute atomic E-state index is 13.5. The average molecular weight is 240 g/mol. The maximum atomic E-state index is 13.5. The number of nitrogens with zero attached hydrogens (tertiary/aromatic N) is 1. The summed E-state index contributed by atoms with van der Waals surface area (Å²) in [7, 11) is 0. The third-order valence-corrected chi connectivity index (χ3v) is 2.16. The first kappa shape index (κ1) is 11.6. The van der Waals surface area contributed by atoms with E-state index in [1.54, 1.807) is 0 Å². The first-order valence-corrected chi connectivity index (χ1v) is 3.99. The van der Waals surface area contributed by atoms with Crippen LogP contribution in [0.1, 0.15) is 0 Å². The monoisotopic (exact) mass is 239 g/mol. The lowest BCUT2D eigenvalue weighted by molar-refractivity contribution is -0.595. The van der Waals surface area contributed by atoms with Gasteiger partial charge < -0.3 is 5.11 Å². The molecule has 15 heavy (non-hydrogen) atoms. The van der Waals surface area contributed by atoms with Crippen molar-refractivity contribution in [2.75, 3.05) is 0 Å². The van der Waals surface area contributed by atoms with Gasteiger partial charge in [0.05, 0.1) is 16.0 Å². The van der Waals surface area contributed by atoms with Crippen molar-refractivity contribution in [3.63, 3.8) is 0 Å². The summed E-state index contributed by atoms with van der Waals surface area (Å²) in [5.74, 6) is -8.79. The summed E-state index contributed by atoms with van der Waals surface area (Å²) in [5.41, 5.74) is 0. The number of carboxylic acid groups (broad SMARTS) is 1. The van der Waals surface area contributed by atoms with Crippen LogP contribution in [0.4, 0.5) is 8.78 Å². The highest BCUT2D eigenvalue weighted by Gasteiger charge is 2.55. The zero-order valence-corrected chi connectivity index (χ0v) is 7.74. The number of aliphatic carboxylic acids is 1. The highest BCUT2D eigenvalue weighted by atomic mass is 35.5. The van der Waals surface area contributed by atoms with E-state index in [0.717, 1.165) is 0 Å². The van der Waals surface area contributed by atoms with E-state index in [4.69, 9.17) is 16.7 Å². The van der Waals surface area contributed by atoms with Gasteiger partial charge in [0, 0.05) is 0 Å². The minimum Gasteiger partial charge on any atom is -0.480 e. The minimum absolute atomic E-state index is 0.0475. The van der Waals surface area contributed by atoms with Crippen LogP contribution in [0.5, 0.6) is 0 Å². The first-order chi connectivity index (χ1) is 6.79. The second kappa shape index (κ2) is 3.58. The molecule has 0 heterocycles. The van der Waals surface area contributed by atoms with Crippen LogP contribution in [0.15, 0.2) is 23.0 Å². The van der Waals surface area contributed by atoms with Crippen molar-refractivity contribution in [2.24, 2.45) is 5.92 Å². The van der Waals surface area contributed by atoms with E-state index in [-0.39, 0.29) is 6.08 Å². The van der Waals surface area contributed by atoms with Crippen molar-refractivity contribution in [1.29, 1.82) is 0 Å². The number of allylic oxidation sites excluding steroid dienone is 2. The molecule has 1 aliphatic carbocycles. The van der Waals surface area contributed by atoms with E-state index in [0.29, 0.717) is 6.08 Å². The Hall–Kier alpha value is -1.50. The minimum atomic E-state index is -3.51. The third-order valence-electron chi connectivity index (χ3n) is 1.85. The molecule has 0 bridgehead atoms. The Morgan fingerprint density at radius 2 is 2.27 bits per heavy atom. The highest BCUT2D eigenvalue weighted by molar-refractivity contribution is 6.32. The number of hydrogen-bond acceptors (Lipinski definition) is 3. The summed E-state index contributed by atoms with van der Waals surface area (Å²) in [6.07, 6.45) is 0.413. The predicted octanol–water partition coefficient (Wildman–Crippen LogP) is 1.62. The molecular formula is C7H4ClF2NO4. The number of hydrogen-bond donors (Lipinski definition) is 1. The van der Waals surface area contributed by atoms with Crippen molar-refractivity contribution in [3.05, 3.63) is 33.1 Å². The van der Waals surface area contributed by atoms with Crippen molar-refractivity contribution in [2.45, 2.75) is 5.79 Å². The van der Waals surface area contributed by atoms with E-state index in [1.807, 2.05) is 0 Å². The van der Waals surface area contributed by atoms with Gasteiger partial charge in [-0.05, 0) is 6.08 Å².